The molecule has 4 nitrogen and oxygen atoms in total. The number of anilines is 1. The van der Waals surface area contributed by atoms with Gasteiger partial charge in [-0.3, -0.25) is 0 Å². The van der Waals surface area contributed by atoms with Crippen LogP contribution in [-0.2, 0) is 12.6 Å². The third-order valence-electron chi connectivity index (χ3n) is 6.76. The Kier molecular flexibility index (Phi) is 8.45. The summed E-state index contributed by atoms with van der Waals surface area (Å²) in [6, 6.07) is 10.8. The highest BCUT2D eigenvalue weighted by molar-refractivity contribution is 7.99. The first kappa shape index (κ1) is 25.4. The Balaban J connectivity index is 1.42. The number of alkyl halides is 3. The van der Waals surface area contributed by atoms with E-state index in [1.54, 1.807) is 0 Å². The summed E-state index contributed by atoms with van der Waals surface area (Å²) >= 11 is 1.44. The number of piperidine rings is 1. The van der Waals surface area contributed by atoms with Crippen molar-refractivity contribution in [3.63, 3.8) is 0 Å². The van der Waals surface area contributed by atoms with Crippen molar-refractivity contribution in [3.05, 3.63) is 53.1 Å². The van der Waals surface area contributed by atoms with Crippen LogP contribution >= 0.6 is 11.8 Å². The minimum atomic E-state index is -4.36. The van der Waals surface area contributed by atoms with Crippen LogP contribution in [-0.4, -0.2) is 61.7 Å². The average molecular weight is 493 g/mol. The monoisotopic (exact) mass is 492 g/mol. The topological polar surface area (TPSA) is 44.5 Å². The molecule has 0 amide bonds. The molecule has 3 N–H and O–H groups in total. The summed E-state index contributed by atoms with van der Waals surface area (Å²) in [5, 5.41) is 3.51. The quantitative estimate of drug-likeness (QED) is 0.424. The highest BCUT2D eigenvalue weighted by Crippen LogP contribution is 2.45. The number of nitrogens with two attached hydrogens (primary N) is 1. The zero-order valence-electron chi connectivity index (χ0n) is 19.8. The maximum atomic E-state index is 13.7. The summed E-state index contributed by atoms with van der Waals surface area (Å²) in [5.74, 6) is 0. The lowest BCUT2D eigenvalue weighted by molar-refractivity contribution is -0.137. The molecule has 0 spiro atoms. The van der Waals surface area contributed by atoms with Crippen molar-refractivity contribution < 1.29 is 13.2 Å². The largest absolute Gasteiger partial charge is 0.416 e. The van der Waals surface area contributed by atoms with Gasteiger partial charge in [0.15, 0.2) is 0 Å². The number of hydrogen-bond donors (Lipinski definition) is 2. The average Bonchev–Trinajstić information content (AvgIpc) is 2.82. The Labute approximate surface area is 205 Å². The van der Waals surface area contributed by atoms with E-state index in [0.29, 0.717) is 23.5 Å². The van der Waals surface area contributed by atoms with Gasteiger partial charge in [-0.2, -0.15) is 13.2 Å². The summed E-state index contributed by atoms with van der Waals surface area (Å²) in [4.78, 5) is 6.63. The van der Waals surface area contributed by atoms with Gasteiger partial charge in [0, 0.05) is 67.2 Å². The van der Waals surface area contributed by atoms with Crippen molar-refractivity contribution in [3.8, 4) is 0 Å². The van der Waals surface area contributed by atoms with E-state index in [0.717, 1.165) is 69.0 Å². The molecule has 2 aliphatic heterocycles. The molecule has 2 aromatic rings. The van der Waals surface area contributed by atoms with Gasteiger partial charge in [0.1, 0.15) is 0 Å². The minimum absolute atomic E-state index is 0.182. The van der Waals surface area contributed by atoms with E-state index >= 15 is 0 Å². The van der Waals surface area contributed by atoms with Crippen LogP contribution in [0, 0.1) is 0 Å². The van der Waals surface area contributed by atoms with Crippen molar-refractivity contribution >= 4 is 17.4 Å². The van der Waals surface area contributed by atoms with Crippen LogP contribution in [0.3, 0.4) is 0 Å². The molecule has 2 aliphatic rings. The van der Waals surface area contributed by atoms with Gasteiger partial charge in [-0.1, -0.05) is 36.9 Å². The van der Waals surface area contributed by atoms with Gasteiger partial charge in [0.05, 0.1) is 5.56 Å². The Morgan fingerprint density at radius 2 is 1.85 bits per heavy atom. The first-order valence-corrected chi connectivity index (χ1v) is 13.1. The molecule has 0 unspecified atom stereocenters. The lowest BCUT2D eigenvalue weighted by Crippen LogP contribution is -2.43. The number of rotatable bonds is 9. The van der Waals surface area contributed by atoms with E-state index in [-0.39, 0.29) is 6.04 Å². The smallest absolute Gasteiger partial charge is 0.382 e. The molecule has 1 fully saturated rings. The van der Waals surface area contributed by atoms with Crippen LogP contribution in [0.5, 0.6) is 0 Å². The number of fused-ring (bicyclic) bond motifs is 2. The molecule has 8 heteroatoms. The highest BCUT2D eigenvalue weighted by Gasteiger charge is 2.34. The lowest BCUT2D eigenvalue weighted by Gasteiger charge is -2.35. The molecule has 2 heterocycles. The second-order valence-corrected chi connectivity index (χ2v) is 10.4. The van der Waals surface area contributed by atoms with E-state index in [2.05, 4.69) is 28.1 Å². The van der Waals surface area contributed by atoms with Crippen molar-refractivity contribution in [1.29, 1.82) is 0 Å². The molecule has 0 atom stereocenters. The normalized spacial score (nSPS) is 17.0. The predicted octanol–water partition coefficient (Wildman–Crippen LogP) is 5.31. The van der Waals surface area contributed by atoms with E-state index in [1.807, 2.05) is 18.2 Å². The number of benzene rings is 2. The molecule has 4 rings (SSSR count). The molecule has 0 radical (unpaired) electrons. The fourth-order valence-corrected chi connectivity index (χ4v) is 6.05. The maximum absolute atomic E-state index is 13.7. The van der Waals surface area contributed by atoms with E-state index in [1.165, 1.54) is 29.5 Å². The molecule has 0 bridgehead atoms. The summed E-state index contributed by atoms with van der Waals surface area (Å²) in [5.41, 5.74) is 7.96. The molecule has 2 aromatic carbocycles. The van der Waals surface area contributed by atoms with Crippen LogP contribution in [0.15, 0.2) is 46.2 Å². The number of nitrogens with one attached hydrogen (secondary N) is 1. The summed E-state index contributed by atoms with van der Waals surface area (Å²) in [6.45, 7) is 8.79. The Bertz CT molecular complexity index is 952. The van der Waals surface area contributed by atoms with Crippen molar-refractivity contribution in [2.24, 2.45) is 5.73 Å². The Morgan fingerprint density at radius 1 is 1.09 bits per heavy atom. The minimum Gasteiger partial charge on any atom is -0.382 e. The second-order valence-electron chi connectivity index (χ2n) is 9.28. The third kappa shape index (κ3) is 6.27. The van der Waals surface area contributed by atoms with Gasteiger partial charge >= 0.3 is 6.18 Å². The first-order chi connectivity index (χ1) is 16.4. The highest BCUT2D eigenvalue weighted by atomic mass is 32.2. The van der Waals surface area contributed by atoms with Crippen LogP contribution in [0.2, 0.25) is 0 Å². The molecule has 186 valence electrons. The Hall–Kier alpha value is -1.74. The van der Waals surface area contributed by atoms with Crippen LogP contribution < -0.4 is 11.1 Å². The van der Waals surface area contributed by atoms with Gasteiger partial charge in [-0.05, 0) is 55.1 Å². The number of hydrogen-bond acceptors (Lipinski definition) is 5. The van der Waals surface area contributed by atoms with Crippen LogP contribution in [0.1, 0.15) is 42.9 Å². The van der Waals surface area contributed by atoms with Crippen molar-refractivity contribution in [2.75, 3.05) is 51.1 Å². The van der Waals surface area contributed by atoms with Crippen LogP contribution in [0.4, 0.5) is 18.9 Å². The number of halogens is 3. The molecule has 0 aromatic heterocycles. The fraction of sp³-hybridized carbons (Fsp3) is 0.538. The standard InChI is InChI=1S/C26H35F3N4S/c1-2-10-32(13-9-30)14-15-33-11-7-21(8-12-33)31-23-17-20(26(27,28)29)18-25-22(23)16-19-5-3-4-6-24(19)34-25/h3-6,17-18,21,31H,2,7-16,30H2,1H3. The lowest BCUT2D eigenvalue weighted by atomic mass is 9.98. The zero-order chi connectivity index (χ0) is 24.1. The SMILES string of the molecule is CCCN(CCN)CCN1CCC(Nc2cc(C(F)(F)F)cc3c2Cc2ccccc2S3)CC1. The van der Waals surface area contributed by atoms with Gasteiger partial charge in [0.2, 0.25) is 0 Å². The maximum Gasteiger partial charge on any atom is 0.416 e. The fourth-order valence-electron chi connectivity index (χ4n) is 4.91. The number of nitrogens with zero attached hydrogens (tertiary/aromatic N) is 2. The summed E-state index contributed by atoms with van der Waals surface area (Å²) < 4.78 is 41.0. The van der Waals surface area contributed by atoms with E-state index < -0.39 is 11.7 Å². The zero-order valence-corrected chi connectivity index (χ0v) is 20.7. The molecule has 0 aliphatic carbocycles. The van der Waals surface area contributed by atoms with Crippen molar-refractivity contribution in [1.82, 2.24) is 9.80 Å². The van der Waals surface area contributed by atoms with E-state index in [4.69, 9.17) is 5.73 Å². The van der Waals surface area contributed by atoms with Gasteiger partial charge in [-0.25, -0.2) is 0 Å². The Morgan fingerprint density at radius 3 is 2.56 bits per heavy atom. The summed E-state index contributed by atoms with van der Waals surface area (Å²) in [6.07, 6.45) is -0.721. The number of likely N-dealkylation sites (tertiary alicyclic amines) is 1. The predicted molar refractivity (Wildman–Crippen MR) is 134 cm³/mol. The summed E-state index contributed by atoms with van der Waals surface area (Å²) in [7, 11) is 0. The van der Waals surface area contributed by atoms with Gasteiger partial charge in [-0.15, -0.1) is 0 Å². The first-order valence-electron chi connectivity index (χ1n) is 12.3. The molecular formula is C26H35F3N4S. The molecule has 0 saturated carbocycles. The molecule has 1 saturated heterocycles. The van der Waals surface area contributed by atoms with Gasteiger partial charge < -0.3 is 20.9 Å². The van der Waals surface area contributed by atoms with Crippen molar-refractivity contribution in [2.45, 2.75) is 54.6 Å². The molecular weight excluding hydrogens is 457 g/mol. The van der Waals surface area contributed by atoms with E-state index in [9.17, 15) is 13.2 Å². The van der Waals surface area contributed by atoms with Gasteiger partial charge in [0.25, 0.3) is 0 Å². The van der Waals surface area contributed by atoms with Crippen LogP contribution in [0.25, 0.3) is 0 Å². The second kappa shape index (κ2) is 11.3. The molecule has 34 heavy (non-hydrogen) atoms. The third-order valence-corrected chi connectivity index (χ3v) is 7.96.